The van der Waals surface area contributed by atoms with Gasteiger partial charge in [0.25, 0.3) is 10.0 Å². The second-order valence-electron chi connectivity index (χ2n) is 5.60. The minimum Gasteiger partial charge on any atom is -0.447 e. The molecule has 0 aromatic carbocycles. The third kappa shape index (κ3) is 3.85. The third-order valence-corrected chi connectivity index (χ3v) is 5.71. The molecule has 21 heavy (non-hydrogen) atoms. The van der Waals surface area contributed by atoms with Crippen molar-refractivity contribution in [1.29, 1.82) is 0 Å². The molecule has 1 aromatic heterocycles. The number of sulfonamides is 1. The molecule has 0 bridgehead atoms. The second kappa shape index (κ2) is 6.91. The van der Waals surface area contributed by atoms with E-state index in [1.165, 1.54) is 4.31 Å². The molecule has 0 aliphatic carbocycles. The number of rotatable bonds is 6. The van der Waals surface area contributed by atoms with Gasteiger partial charge in [0.15, 0.2) is 0 Å². The van der Waals surface area contributed by atoms with Gasteiger partial charge in [0.2, 0.25) is 5.09 Å². The molecule has 1 aliphatic rings. The number of hydrogen-bond acceptors (Lipinski definition) is 5. The van der Waals surface area contributed by atoms with Crippen LogP contribution >= 0.6 is 0 Å². The second-order valence-corrected chi connectivity index (χ2v) is 7.47. The summed E-state index contributed by atoms with van der Waals surface area (Å²) in [6, 6.07) is 3.74. The average molecular weight is 315 g/mol. The van der Waals surface area contributed by atoms with Crippen LogP contribution in [0, 0.1) is 0 Å². The summed E-state index contributed by atoms with van der Waals surface area (Å²) in [6.45, 7) is 4.47. The van der Waals surface area contributed by atoms with E-state index in [9.17, 15) is 8.42 Å². The Morgan fingerprint density at radius 2 is 2.00 bits per heavy atom. The lowest BCUT2D eigenvalue weighted by molar-refractivity contribution is 0.195. The van der Waals surface area contributed by atoms with Crippen LogP contribution in [-0.4, -0.2) is 57.4 Å². The van der Waals surface area contributed by atoms with Crippen molar-refractivity contribution in [2.24, 2.45) is 0 Å². The van der Waals surface area contributed by atoms with Gasteiger partial charge in [-0.2, -0.15) is 4.31 Å². The number of hydrogen-bond donors (Lipinski definition) is 1. The number of nitrogens with one attached hydrogen (secondary N) is 1. The van der Waals surface area contributed by atoms with E-state index in [4.69, 9.17) is 4.42 Å². The Kier molecular flexibility index (Phi) is 5.43. The molecule has 7 heteroatoms. The lowest BCUT2D eigenvalue weighted by Gasteiger charge is -2.33. The van der Waals surface area contributed by atoms with E-state index in [1.54, 1.807) is 12.1 Å². The molecule has 6 nitrogen and oxygen atoms in total. The van der Waals surface area contributed by atoms with Crippen molar-refractivity contribution in [3.63, 3.8) is 0 Å². The lowest BCUT2D eigenvalue weighted by Crippen LogP contribution is -2.44. The first-order valence-electron chi connectivity index (χ1n) is 7.41. The molecular weight excluding hydrogens is 290 g/mol. The van der Waals surface area contributed by atoms with Gasteiger partial charge in [0.05, 0.1) is 6.54 Å². The molecule has 2 rings (SSSR count). The van der Waals surface area contributed by atoms with Gasteiger partial charge >= 0.3 is 0 Å². The van der Waals surface area contributed by atoms with E-state index in [-0.39, 0.29) is 5.09 Å². The van der Waals surface area contributed by atoms with E-state index in [0.29, 0.717) is 31.4 Å². The van der Waals surface area contributed by atoms with Crippen LogP contribution in [0.5, 0.6) is 0 Å². The molecule has 0 saturated carbocycles. The van der Waals surface area contributed by atoms with Crippen molar-refractivity contribution in [2.45, 2.75) is 37.4 Å². The topological polar surface area (TPSA) is 65.8 Å². The van der Waals surface area contributed by atoms with Crippen molar-refractivity contribution in [3.8, 4) is 0 Å². The summed E-state index contributed by atoms with van der Waals surface area (Å²) >= 11 is 0. The quantitative estimate of drug-likeness (QED) is 0.852. The first-order chi connectivity index (χ1) is 9.95. The van der Waals surface area contributed by atoms with E-state index >= 15 is 0 Å². The number of nitrogens with zero attached hydrogens (tertiary/aromatic N) is 2. The molecule has 0 amide bonds. The Labute approximate surface area is 127 Å². The maximum atomic E-state index is 12.5. The SMILES string of the molecule is CCNCc1ccc(S(=O)(=O)N2CCC(N(C)C)CC2)o1. The highest BCUT2D eigenvalue weighted by atomic mass is 32.2. The number of piperidine rings is 1. The van der Waals surface area contributed by atoms with E-state index in [2.05, 4.69) is 10.2 Å². The molecule has 0 spiro atoms. The molecule has 0 radical (unpaired) electrons. The van der Waals surface area contributed by atoms with Crippen LogP contribution in [0.25, 0.3) is 0 Å². The van der Waals surface area contributed by atoms with Crippen LogP contribution in [0.2, 0.25) is 0 Å². The fourth-order valence-corrected chi connectivity index (χ4v) is 3.96. The summed E-state index contributed by atoms with van der Waals surface area (Å²) in [4.78, 5) is 2.16. The van der Waals surface area contributed by atoms with Crippen LogP contribution in [0.15, 0.2) is 21.6 Å². The van der Waals surface area contributed by atoms with Gasteiger partial charge in [-0.1, -0.05) is 6.92 Å². The summed E-state index contributed by atoms with van der Waals surface area (Å²) in [5.74, 6) is 0.651. The maximum absolute atomic E-state index is 12.5. The van der Waals surface area contributed by atoms with Crippen molar-refractivity contribution < 1.29 is 12.8 Å². The van der Waals surface area contributed by atoms with Crippen LogP contribution in [0.4, 0.5) is 0 Å². The molecule has 120 valence electrons. The summed E-state index contributed by atoms with van der Waals surface area (Å²) < 4.78 is 32.1. The first-order valence-corrected chi connectivity index (χ1v) is 8.85. The summed E-state index contributed by atoms with van der Waals surface area (Å²) in [5.41, 5.74) is 0. The zero-order chi connectivity index (χ0) is 15.5. The van der Waals surface area contributed by atoms with Gasteiger partial charge < -0.3 is 14.6 Å². The normalized spacial score (nSPS) is 18.5. The predicted molar refractivity (Wildman–Crippen MR) is 81.6 cm³/mol. The number of furan rings is 1. The predicted octanol–water partition coefficient (Wildman–Crippen LogP) is 1.10. The lowest BCUT2D eigenvalue weighted by atomic mass is 10.1. The Hall–Kier alpha value is -0.890. The fourth-order valence-electron chi connectivity index (χ4n) is 2.57. The Morgan fingerprint density at radius 1 is 1.33 bits per heavy atom. The standard InChI is InChI=1S/C14H25N3O3S/c1-4-15-11-13-5-6-14(20-13)21(18,19)17-9-7-12(8-10-17)16(2)3/h5-6,12,15H,4,7-11H2,1-3H3. The van der Waals surface area contributed by atoms with Gasteiger partial charge in [-0.15, -0.1) is 0 Å². The largest absolute Gasteiger partial charge is 0.447 e. The molecule has 0 atom stereocenters. The van der Waals surface area contributed by atoms with Gasteiger partial charge in [0, 0.05) is 19.1 Å². The zero-order valence-electron chi connectivity index (χ0n) is 13.0. The van der Waals surface area contributed by atoms with E-state index < -0.39 is 10.0 Å². The molecule has 1 aromatic rings. The Bertz CT molecular complexity index is 546. The monoisotopic (exact) mass is 315 g/mol. The summed E-state index contributed by atoms with van der Waals surface area (Å²) in [6.07, 6.45) is 1.72. The fraction of sp³-hybridized carbons (Fsp3) is 0.714. The molecule has 1 fully saturated rings. The van der Waals surface area contributed by atoms with Crippen molar-refractivity contribution in [3.05, 3.63) is 17.9 Å². The Morgan fingerprint density at radius 3 is 2.57 bits per heavy atom. The molecular formula is C14H25N3O3S. The molecule has 0 unspecified atom stereocenters. The van der Waals surface area contributed by atoms with E-state index in [0.717, 1.165) is 19.4 Å². The van der Waals surface area contributed by atoms with Crippen LogP contribution in [-0.2, 0) is 16.6 Å². The van der Waals surface area contributed by atoms with Crippen molar-refractivity contribution in [2.75, 3.05) is 33.7 Å². The minimum absolute atomic E-state index is 0.0544. The van der Waals surface area contributed by atoms with Gasteiger partial charge in [0.1, 0.15) is 5.76 Å². The van der Waals surface area contributed by atoms with Crippen molar-refractivity contribution >= 4 is 10.0 Å². The summed E-state index contributed by atoms with van der Waals surface area (Å²) in [7, 11) is 0.577. The zero-order valence-corrected chi connectivity index (χ0v) is 13.8. The van der Waals surface area contributed by atoms with Crippen molar-refractivity contribution in [1.82, 2.24) is 14.5 Å². The van der Waals surface area contributed by atoms with Crippen LogP contribution in [0.3, 0.4) is 0 Å². The summed E-state index contributed by atoms with van der Waals surface area (Å²) in [5, 5.41) is 3.17. The smallest absolute Gasteiger partial charge is 0.276 e. The maximum Gasteiger partial charge on any atom is 0.276 e. The molecule has 1 aliphatic heterocycles. The molecule has 2 heterocycles. The highest BCUT2D eigenvalue weighted by Gasteiger charge is 2.32. The van der Waals surface area contributed by atoms with Gasteiger partial charge in [-0.25, -0.2) is 8.42 Å². The minimum atomic E-state index is -3.49. The molecule has 1 N–H and O–H groups in total. The first kappa shape index (κ1) is 16.5. The van der Waals surface area contributed by atoms with Gasteiger partial charge in [-0.05, 0) is 45.6 Å². The Balaban J connectivity index is 2.03. The highest BCUT2D eigenvalue weighted by molar-refractivity contribution is 7.89. The van der Waals surface area contributed by atoms with Crippen LogP contribution in [0.1, 0.15) is 25.5 Å². The van der Waals surface area contributed by atoms with Crippen LogP contribution < -0.4 is 5.32 Å². The van der Waals surface area contributed by atoms with Gasteiger partial charge in [-0.3, -0.25) is 0 Å². The highest BCUT2D eigenvalue weighted by Crippen LogP contribution is 2.23. The molecule has 1 saturated heterocycles. The third-order valence-electron chi connectivity index (χ3n) is 3.93. The van der Waals surface area contributed by atoms with E-state index in [1.807, 2.05) is 21.0 Å². The average Bonchev–Trinajstić information content (AvgIpc) is 2.94.